The van der Waals surface area contributed by atoms with Crippen LogP contribution in [0.1, 0.15) is 42.1 Å². The highest BCUT2D eigenvalue weighted by atomic mass is 32.1. The molecule has 2 aromatic rings. The Morgan fingerprint density at radius 1 is 1.43 bits per heavy atom. The number of hydrogen-bond acceptors (Lipinski definition) is 7. The van der Waals surface area contributed by atoms with Crippen molar-refractivity contribution < 1.29 is 4.52 Å². The van der Waals surface area contributed by atoms with Crippen molar-refractivity contribution >= 4 is 11.3 Å². The van der Waals surface area contributed by atoms with Gasteiger partial charge in [-0.2, -0.15) is 4.98 Å². The first-order valence-corrected chi connectivity index (χ1v) is 9.26. The van der Waals surface area contributed by atoms with E-state index in [4.69, 9.17) is 4.52 Å². The van der Waals surface area contributed by atoms with E-state index in [0.717, 1.165) is 63.0 Å². The van der Waals surface area contributed by atoms with E-state index in [2.05, 4.69) is 39.2 Å². The van der Waals surface area contributed by atoms with Gasteiger partial charge in [-0.05, 0) is 38.8 Å². The number of rotatable bonds is 8. The molecule has 1 aliphatic heterocycles. The molecule has 1 atom stereocenters. The normalized spacial score (nSPS) is 18.1. The van der Waals surface area contributed by atoms with Gasteiger partial charge in [-0.25, -0.2) is 4.98 Å². The maximum absolute atomic E-state index is 5.32. The van der Waals surface area contributed by atoms with E-state index in [1.54, 1.807) is 11.3 Å². The summed E-state index contributed by atoms with van der Waals surface area (Å²) >= 11 is 1.73. The minimum absolute atomic E-state index is 0.699. The van der Waals surface area contributed by atoms with Crippen molar-refractivity contribution in [3.63, 3.8) is 0 Å². The highest BCUT2D eigenvalue weighted by Crippen LogP contribution is 2.19. The van der Waals surface area contributed by atoms with Crippen molar-refractivity contribution in [2.45, 2.75) is 46.2 Å². The Kier molecular flexibility index (Phi) is 5.75. The Bertz CT molecular complexity index is 605. The van der Waals surface area contributed by atoms with E-state index in [9.17, 15) is 0 Å². The summed E-state index contributed by atoms with van der Waals surface area (Å²) in [4.78, 5) is 12.6. The van der Waals surface area contributed by atoms with Crippen molar-refractivity contribution in [2.75, 3.05) is 19.6 Å². The molecular weight excluding hydrogens is 310 g/mol. The van der Waals surface area contributed by atoms with Crippen molar-refractivity contribution in [3.8, 4) is 0 Å². The molecule has 1 N–H and O–H groups in total. The molecular formula is C16H25N5OS. The van der Waals surface area contributed by atoms with Crippen molar-refractivity contribution in [1.29, 1.82) is 0 Å². The van der Waals surface area contributed by atoms with E-state index >= 15 is 0 Å². The zero-order chi connectivity index (χ0) is 16.1. The van der Waals surface area contributed by atoms with Gasteiger partial charge in [0, 0.05) is 24.4 Å². The van der Waals surface area contributed by atoms with Crippen LogP contribution in [0.5, 0.6) is 0 Å². The van der Waals surface area contributed by atoms with Crippen LogP contribution in [0.3, 0.4) is 0 Å². The molecule has 1 saturated heterocycles. The average Bonchev–Trinajstić information content (AvgIpc) is 3.25. The second kappa shape index (κ2) is 7.99. The number of nitrogens with zero attached hydrogens (tertiary/aromatic N) is 4. The first-order chi connectivity index (χ1) is 11.2. The number of nitrogens with one attached hydrogen (secondary N) is 1. The number of thiazole rings is 1. The molecule has 3 rings (SSSR count). The van der Waals surface area contributed by atoms with Gasteiger partial charge < -0.3 is 9.84 Å². The molecule has 0 aromatic carbocycles. The van der Waals surface area contributed by atoms with Crippen LogP contribution >= 0.6 is 11.3 Å². The SMILES string of the molecule is CCCc1nc(CN(Cc2scnc2C)CC2CCNC2)no1. The molecule has 1 aliphatic rings. The number of aryl methyl sites for hydroxylation is 2. The molecule has 7 heteroatoms. The molecule has 3 heterocycles. The number of aromatic nitrogens is 3. The molecule has 23 heavy (non-hydrogen) atoms. The van der Waals surface area contributed by atoms with Gasteiger partial charge in [0.15, 0.2) is 5.82 Å². The molecule has 126 valence electrons. The lowest BCUT2D eigenvalue weighted by molar-refractivity contribution is 0.214. The van der Waals surface area contributed by atoms with Crippen molar-refractivity contribution in [3.05, 3.63) is 27.8 Å². The van der Waals surface area contributed by atoms with E-state index < -0.39 is 0 Å². The van der Waals surface area contributed by atoms with Gasteiger partial charge in [0.2, 0.25) is 5.89 Å². The predicted octanol–water partition coefficient (Wildman–Crippen LogP) is 2.40. The summed E-state index contributed by atoms with van der Waals surface area (Å²) in [6, 6.07) is 0. The quantitative estimate of drug-likeness (QED) is 0.799. The van der Waals surface area contributed by atoms with Crippen LogP contribution in [-0.4, -0.2) is 39.7 Å². The lowest BCUT2D eigenvalue weighted by Gasteiger charge is -2.23. The molecule has 0 aliphatic carbocycles. The second-order valence-electron chi connectivity index (χ2n) is 6.24. The van der Waals surface area contributed by atoms with E-state index in [-0.39, 0.29) is 0 Å². The van der Waals surface area contributed by atoms with Crippen LogP contribution in [0, 0.1) is 12.8 Å². The fourth-order valence-corrected chi connectivity index (χ4v) is 3.79. The standard InChI is InChI=1S/C16H25N5OS/c1-3-4-16-19-15(20-22-16)10-21(8-13-5-6-17-7-13)9-14-12(2)18-11-23-14/h11,13,17H,3-10H2,1-2H3. The molecule has 0 radical (unpaired) electrons. The highest BCUT2D eigenvalue weighted by molar-refractivity contribution is 7.09. The first-order valence-electron chi connectivity index (χ1n) is 8.38. The van der Waals surface area contributed by atoms with Crippen LogP contribution in [0.4, 0.5) is 0 Å². The van der Waals surface area contributed by atoms with Crippen LogP contribution < -0.4 is 5.32 Å². The molecule has 0 amide bonds. The molecule has 0 spiro atoms. The molecule has 2 aromatic heterocycles. The van der Waals surface area contributed by atoms with Gasteiger partial charge in [-0.3, -0.25) is 4.90 Å². The Morgan fingerprint density at radius 3 is 3.04 bits per heavy atom. The zero-order valence-electron chi connectivity index (χ0n) is 13.9. The molecule has 1 unspecified atom stereocenters. The van der Waals surface area contributed by atoms with Gasteiger partial charge in [-0.1, -0.05) is 12.1 Å². The molecule has 0 saturated carbocycles. The monoisotopic (exact) mass is 335 g/mol. The smallest absolute Gasteiger partial charge is 0.226 e. The molecule has 1 fully saturated rings. The Balaban J connectivity index is 1.66. The third-order valence-electron chi connectivity index (χ3n) is 4.23. The lowest BCUT2D eigenvalue weighted by atomic mass is 10.1. The topological polar surface area (TPSA) is 67.1 Å². The van der Waals surface area contributed by atoms with Crippen LogP contribution in [0.25, 0.3) is 0 Å². The summed E-state index contributed by atoms with van der Waals surface area (Å²) in [6.45, 7) is 9.13. The number of hydrogen-bond donors (Lipinski definition) is 1. The van der Waals surface area contributed by atoms with Gasteiger partial charge in [0.05, 0.1) is 17.7 Å². The van der Waals surface area contributed by atoms with Crippen molar-refractivity contribution in [2.24, 2.45) is 5.92 Å². The zero-order valence-corrected chi connectivity index (χ0v) is 14.7. The van der Waals surface area contributed by atoms with Gasteiger partial charge >= 0.3 is 0 Å². The summed E-state index contributed by atoms with van der Waals surface area (Å²) in [5.74, 6) is 2.24. The fraction of sp³-hybridized carbons (Fsp3) is 0.688. The van der Waals surface area contributed by atoms with Gasteiger partial charge in [0.1, 0.15) is 0 Å². The van der Waals surface area contributed by atoms with Gasteiger partial charge in [-0.15, -0.1) is 11.3 Å². The average molecular weight is 335 g/mol. The molecule has 6 nitrogen and oxygen atoms in total. The maximum Gasteiger partial charge on any atom is 0.226 e. The summed E-state index contributed by atoms with van der Waals surface area (Å²) < 4.78 is 5.32. The summed E-state index contributed by atoms with van der Waals surface area (Å²) in [6.07, 6.45) is 3.12. The van der Waals surface area contributed by atoms with Crippen LogP contribution in [0.2, 0.25) is 0 Å². The van der Waals surface area contributed by atoms with Crippen molar-refractivity contribution in [1.82, 2.24) is 25.3 Å². The fourth-order valence-electron chi connectivity index (χ4n) is 2.97. The Morgan fingerprint density at radius 2 is 2.35 bits per heavy atom. The highest BCUT2D eigenvalue weighted by Gasteiger charge is 2.21. The summed E-state index contributed by atoms with van der Waals surface area (Å²) in [5.41, 5.74) is 3.05. The summed E-state index contributed by atoms with van der Waals surface area (Å²) in [7, 11) is 0. The van der Waals surface area contributed by atoms with Crippen LogP contribution in [0.15, 0.2) is 10.0 Å². The third kappa shape index (κ3) is 4.59. The third-order valence-corrected chi connectivity index (χ3v) is 5.15. The Labute approximate surface area is 141 Å². The lowest BCUT2D eigenvalue weighted by Crippen LogP contribution is -2.30. The van der Waals surface area contributed by atoms with Crippen LogP contribution in [-0.2, 0) is 19.5 Å². The van der Waals surface area contributed by atoms with E-state index in [1.807, 2.05) is 5.51 Å². The second-order valence-corrected chi connectivity index (χ2v) is 7.18. The Hall–Kier alpha value is -1.31. The predicted molar refractivity (Wildman–Crippen MR) is 90.2 cm³/mol. The maximum atomic E-state index is 5.32. The minimum Gasteiger partial charge on any atom is -0.339 e. The largest absolute Gasteiger partial charge is 0.339 e. The molecule has 0 bridgehead atoms. The van der Waals surface area contributed by atoms with E-state index in [1.165, 1.54) is 11.3 Å². The van der Waals surface area contributed by atoms with Gasteiger partial charge in [0.25, 0.3) is 0 Å². The van der Waals surface area contributed by atoms with E-state index in [0.29, 0.717) is 5.92 Å². The summed E-state index contributed by atoms with van der Waals surface area (Å²) in [5, 5.41) is 7.59. The first kappa shape index (κ1) is 16.5. The minimum atomic E-state index is 0.699.